The molecule has 0 saturated heterocycles. The molecule has 0 radical (unpaired) electrons. The predicted molar refractivity (Wildman–Crippen MR) is 108 cm³/mol. The van der Waals surface area contributed by atoms with Gasteiger partial charge in [-0.1, -0.05) is 45.0 Å². The van der Waals surface area contributed by atoms with Crippen LogP contribution in [-0.4, -0.2) is 29.0 Å². The van der Waals surface area contributed by atoms with E-state index in [0.29, 0.717) is 18.7 Å². The van der Waals surface area contributed by atoms with Crippen LogP contribution in [0, 0.1) is 11.3 Å². The number of benzene rings is 1. The maximum absolute atomic E-state index is 12.7. The second-order valence-corrected chi connectivity index (χ2v) is 8.26. The van der Waals surface area contributed by atoms with Crippen LogP contribution in [0.25, 0.3) is 0 Å². The number of carbonyl (C=O) groups is 3. The molecule has 3 amide bonds. The molecule has 7 nitrogen and oxygen atoms in total. The van der Waals surface area contributed by atoms with Gasteiger partial charge in [0.1, 0.15) is 6.04 Å². The van der Waals surface area contributed by atoms with E-state index in [1.54, 1.807) is 26.3 Å². The van der Waals surface area contributed by atoms with Gasteiger partial charge in [0.05, 0.1) is 0 Å². The van der Waals surface area contributed by atoms with Crippen molar-refractivity contribution in [3.63, 3.8) is 0 Å². The Morgan fingerprint density at radius 2 is 1.71 bits per heavy atom. The fourth-order valence-corrected chi connectivity index (χ4v) is 3.10. The van der Waals surface area contributed by atoms with Crippen molar-refractivity contribution in [2.75, 3.05) is 0 Å². The summed E-state index contributed by atoms with van der Waals surface area (Å²) in [5.74, 6) is -1.95. The Bertz CT molecular complexity index is 671. The van der Waals surface area contributed by atoms with Crippen molar-refractivity contribution in [1.29, 1.82) is 0 Å². The molecule has 0 unspecified atom stereocenters. The van der Waals surface area contributed by atoms with Crippen LogP contribution in [0.15, 0.2) is 24.3 Å². The summed E-state index contributed by atoms with van der Waals surface area (Å²) in [4.78, 5) is 36.0. The lowest BCUT2D eigenvalue weighted by Crippen LogP contribution is -2.53. The first-order valence-electron chi connectivity index (χ1n) is 9.25. The van der Waals surface area contributed by atoms with Crippen LogP contribution in [0.1, 0.15) is 51.2 Å². The minimum Gasteiger partial charge on any atom is -0.368 e. The Morgan fingerprint density at radius 1 is 1.14 bits per heavy atom. The van der Waals surface area contributed by atoms with E-state index in [1.165, 1.54) is 0 Å². The quantitative estimate of drug-likeness (QED) is 0.268. The lowest BCUT2D eigenvalue weighted by molar-refractivity contribution is -0.136. The SMILES string of the molecule is CC(C)(C)[C@H](NC(=O)[C@H](CCCc1ccc(CCl)cc1)CC(=O)NO)C(N)=O. The van der Waals surface area contributed by atoms with Gasteiger partial charge in [-0.2, -0.15) is 0 Å². The van der Waals surface area contributed by atoms with Gasteiger partial charge >= 0.3 is 0 Å². The summed E-state index contributed by atoms with van der Waals surface area (Å²) in [5.41, 5.74) is 8.54. The molecule has 5 N–H and O–H groups in total. The maximum atomic E-state index is 12.7. The van der Waals surface area contributed by atoms with E-state index in [0.717, 1.165) is 17.5 Å². The number of rotatable bonds is 10. The molecule has 0 fully saturated rings. The maximum Gasteiger partial charge on any atom is 0.244 e. The molecule has 0 aliphatic carbocycles. The minimum atomic E-state index is -0.859. The lowest BCUT2D eigenvalue weighted by Gasteiger charge is -2.30. The molecular formula is C20H30ClN3O4. The van der Waals surface area contributed by atoms with Crippen molar-refractivity contribution in [3.8, 4) is 0 Å². The average Bonchev–Trinajstić information content (AvgIpc) is 2.64. The van der Waals surface area contributed by atoms with E-state index >= 15 is 0 Å². The average molecular weight is 412 g/mol. The number of hydrogen-bond donors (Lipinski definition) is 4. The monoisotopic (exact) mass is 411 g/mol. The van der Waals surface area contributed by atoms with Gasteiger partial charge in [0.25, 0.3) is 0 Å². The van der Waals surface area contributed by atoms with E-state index in [9.17, 15) is 14.4 Å². The molecule has 0 aromatic heterocycles. The first-order chi connectivity index (χ1) is 13.1. The number of nitrogens with one attached hydrogen (secondary N) is 2. The van der Waals surface area contributed by atoms with Gasteiger partial charge in [-0.15, -0.1) is 11.6 Å². The van der Waals surface area contributed by atoms with E-state index in [-0.39, 0.29) is 6.42 Å². The topological polar surface area (TPSA) is 122 Å². The third-order valence-electron chi connectivity index (χ3n) is 4.56. The van der Waals surface area contributed by atoms with Crippen LogP contribution in [0.3, 0.4) is 0 Å². The second kappa shape index (κ2) is 11.0. The predicted octanol–water partition coefficient (Wildman–Crippen LogP) is 2.28. The highest BCUT2D eigenvalue weighted by atomic mass is 35.5. The number of aryl methyl sites for hydroxylation is 1. The molecule has 1 aromatic rings. The van der Waals surface area contributed by atoms with Crippen LogP contribution in [-0.2, 0) is 26.7 Å². The molecule has 2 atom stereocenters. The zero-order chi connectivity index (χ0) is 21.3. The molecule has 1 rings (SSSR count). The Labute approximate surface area is 171 Å². The number of hydrogen-bond acceptors (Lipinski definition) is 4. The molecule has 28 heavy (non-hydrogen) atoms. The van der Waals surface area contributed by atoms with Gasteiger partial charge in [-0.25, -0.2) is 5.48 Å². The highest BCUT2D eigenvalue weighted by Crippen LogP contribution is 2.21. The van der Waals surface area contributed by atoms with Crippen LogP contribution in [0.5, 0.6) is 0 Å². The molecule has 8 heteroatoms. The molecule has 0 bridgehead atoms. The molecule has 1 aromatic carbocycles. The van der Waals surface area contributed by atoms with Crippen molar-refractivity contribution in [3.05, 3.63) is 35.4 Å². The summed E-state index contributed by atoms with van der Waals surface area (Å²) < 4.78 is 0. The van der Waals surface area contributed by atoms with Crippen LogP contribution >= 0.6 is 11.6 Å². The number of carbonyl (C=O) groups excluding carboxylic acids is 3. The van der Waals surface area contributed by atoms with Gasteiger partial charge in [-0.05, 0) is 35.8 Å². The van der Waals surface area contributed by atoms with Gasteiger partial charge in [0, 0.05) is 18.2 Å². The fourth-order valence-electron chi connectivity index (χ4n) is 2.92. The van der Waals surface area contributed by atoms with E-state index in [4.69, 9.17) is 22.5 Å². The smallest absolute Gasteiger partial charge is 0.244 e. The molecular weight excluding hydrogens is 382 g/mol. The van der Waals surface area contributed by atoms with Crippen LogP contribution < -0.4 is 16.5 Å². The van der Waals surface area contributed by atoms with Gasteiger partial charge < -0.3 is 11.1 Å². The Hall–Kier alpha value is -2.12. The van der Waals surface area contributed by atoms with Gasteiger partial charge in [0.15, 0.2) is 0 Å². The Balaban J connectivity index is 2.76. The Kier molecular flexibility index (Phi) is 9.41. The second-order valence-electron chi connectivity index (χ2n) is 7.99. The number of halogens is 1. The van der Waals surface area contributed by atoms with Crippen LogP contribution in [0.4, 0.5) is 0 Å². The first-order valence-corrected chi connectivity index (χ1v) is 9.78. The molecule has 0 spiro atoms. The normalized spacial score (nSPS) is 13.5. The summed E-state index contributed by atoms with van der Waals surface area (Å²) in [5, 5.41) is 11.5. The Morgan fingerprint density at radius 3 is 2.18 bits per heavy atom. The fraction of sp³-hybridized carbons (Fsp3) is 0.550. The molecule has 0 saturated carbocycles. The number of amides is 3. The van der Waals surface area contributed by atoms with Crippen LogP contribution in [0.2, 0.25) is 0 Å². The van der Waals surface area contributed by atoms with Crippen molar-refractivity contribution in [2.45, 2.75) is 58.4 Å². The third-order valence-corrected chi connectivity index (χ3v) is 4.87. The van der Waals surface area contributed by atoms with E-state index < -0.39 is 35.1 Å². The van der Waals surface area contributed by atoms with Gasteiger partial charge in [-0.3, -0.25) is 19.6 Å². The minimum absolute atomic E-state index is 0.177. The molecule has 0 aliphatic heterocycles. The van der Waals surface area contributed by atoms with E-state index in [2.05, 4.69) is 5.32 Å². The van der Waals surface area contributed by atoms with Crippen molar-refractivity contribution in [2.24, 2.45) is 17.1 Å². The third kappa shape index (κ3) is 7.86. The van der Waals surface area contributed by atoms with Crippen molar-refractivity contribution >= 4 is 29.3 Å². The number of nitrogens with two attached hydrogens (primary N) is 1. The summed E-state index contributed by atoms with van der Waals surface area (Å²) in [7, 11) is 0. The highest BCUT2D eigenvalue weighted by molar-refractivity contribution is 6.17. The van der Waals surface area contributed by atoms with Crippen molar-refractivity contribution in [1.82, 2.24) is 10.8 Å². The summed E-state index contributed by atoms with van der Waals surface area (Å²) in [6.07, 6.45) is 1.63. The number of alkyl halides is 1. The lowest BCUT2D eigenvalue weighted by atomic mass is 9.85. The summed E-state index contributed by atoms with van der Waals surface area (Å²) >= 11 is 5.78. The molecule has 0 heterocycles. The van der Waals surface area contributed by atoms with E-state index in [1.807, 2.05) is 24.3 Å². The standard InChI is InChI=1S/C20H30ClN3O4/c1-20(2,3)17(18(22)26)23-19(27)15(11-16(25)24-28)6-4-5-13-7-9-14(12-21)10-8-13/h7-10,15,17,28H,4-6,11-12H2,1-3H3,(H2,22,26)(H,23,27)(H,24,25)/t15-,17-/m1/s1. The number of hydroxylamine groups is 1. The molecule has 0 aliphatic rings. The van der Waals surface area contributed by atoms with Crippen molar-refractivity contribution < 1.29 is 19.6 Å². The van der Waals surface area contributed by atoms with Gasteiger partial charge in [0.2, 0.25) is 17.7 Å². The summed E-state index contributed by atoms with van der Waals surface area (Å²) in [6, 6.07) is 7.01. The zero-order valence-electron chi connectivity index (χ0n) is 16.6. The summed E-state index contributed by atoms with van der Waals surface area (Å²) in [6.45, 7) is 5.38. The molecule has 156 valence electrons. The first kappa shape index (κ1) is 23.9. The zero-order valence-corrected chi connectivity index (χ0v) is 17.4. The highest BCUT2D eigenvalue weighted by Gasteiger charge is 2.33. The largest absolute Gasteiger partial charge is 0.368 e. The number of primary amides is 1.